The fourth-order valence-electron chi connectivity index (χ4n) is 4.04. The highest BCUT2D eigenvalue weighted by Crippen LogP contribution is 2.43. The summed E-state index contributed by atoms with van der Waals surface area (Å²) in [7, 11) is 0. The van der Waals surface area contributed by atoms with Crippen LogP contribution < -0.4 is 9.64 Å². The van der Waals surface area contributed by atoms with Gasteiger partial charge in [-0.1, -0.05) is 18.2 Å². The minimum atomic E-state index is -0.865. The number of hydrogen-bond donors (Lipinski definition) is 1. The average Bonchev–Trinajstić information content (AvgIpc) is 3.25. The van der Waals surface area contributed by atoms with Crippen LogP contribution in [0.15, 0.2) is 53.8 Å². The third-order valence-electron chi connectivity index (χ3n) is 5.79. The lowest BCUT2D eigenvalue weighted by Gasteiger charge is -2.27. The number of amides is 1. The molecule has 1 aromatic heterocycles. The number of esters is 1. The zero-order valence-electron chi connectivity index (χ0n) is 19.5. The van der Waals surface area contributed by atoms with Gasteiger partial charge in [0.25, 0.3) is 5.91 Å². The predicted molar refractivity (Wildman–Crippen MR) is 129 cm³/mol. The molecule has 4 rings (SSSR count). The van der Waals surface area contributed by atoms with Gasteiger partial charge in [-0.05, 0) is 68.7 Å². The molecule has 34 heavy (non-hydrogen) atoms. The Morgan fingerprint density at radius 2 is 1.71 bits per heavy atom. The van der Waals surface area contributed by atoms with Crippen LogP contribution in [0, 0.1) is 27.7 Å². The van der Waals surface area contributed by atoms with Gasteiger partial charge >= 0.3 is 5.97 Å². The number of aromatic nitrogens is 1. The summed E-state index contributed by atoms with van der Waals surface area (Å²) in [4.78, 5) is 44.4. The minimum absolute atomic E-state index is 0.00443. The number of nitrogens with zero attached hydrogens (tertiary/aromatic N) is 2. The van der Waals surface area contributed by atoms with E-state index in [4.69, 9.17) is 4.74 Å². The lowest BCUT2D eigenvalue weighted by atomic mass is 9.94. The molecule has 0 saturated heterocycles. The molecule has 1 aliphatic heterocycles. The van der Waals surface area contributed by atoms with Gasteiger partial charge in [-0.3, -0.25) is 19.3 Å². The van der Waals surface area contributed by atoms with Crippen LogP contribution in [0.25, 0.3) is 0 Å². The Bertz CT molecular complexity index is 1350. The Morgan fingerprint density at radius 1 is 1.03 bits per heavy atom. The maximum atomic E-state index is 13.6. The first-order valence-corrected chi connectivity index (χ1v) is 11.5. The van der Waals surface area contributed by atoms with Gasteiger partial charge in [0.05, 0.1) is 27.2 Å². The molecule has 0 spiro atoms. The highest BCUT2D eigenvalue weighted by Gasteiger charge is 2.45. The Morgan fingerprint density at radius 3 is 2.26 bits per heavy atom. The van der Waals surface area contributed by atoms with Crippen LogP contribution in [0.2, 0.25) is 0 Å². The van der Waals surface area contributed by atoms with Crippen LogP contribution in [-0.2, 0) is 9.59 Å². The summed E-state index contributed by atoms with van der Waals surface area (Å²) >= 11 is 1.23. The molecule has 1 amide bonds. The second-order valence-corrected chi connectivity index (χ2v) is 9.45. The molecule has 1 N–H and O–H groups in total. The predicted octanol–water partition coefficient (Wildman–Crippen LogP) is 5.08. The van der Waals surface area contributed by atoms with Gasteiger partial charge in [-0.25, -0.2) is 4.98 Å². The van der Waals surface area contributed by atoms with Crippen LogP contribution in [0.5, 0.6) is 5.75 Å². The number of aliphatic hydroxyl groups is 1. The smallest absolute Gasteiger partial charge is 0.308 e. The van der Waals surface area contributed by atoms with Gasteiger partial charge in [0.15, 0.2) is 5.76 Å². The minimum Gasteiger partial charge on any atom is -0.503 e. The average molecular weight is 477 g/mol. The van der Waals surface area contributed by atoms with E-state index in [-0.39, 0.29) is 5.57 Å². The number of rotatable bonds is 5. The van der Waals surface area contributed by atoms with E-state index in [2.05, 4.69) is 4.98 Å². The largest absolute Gasteiger partial charge is 0.503 e. The van der Waals surface area contributed by atoms with E-state index in [1.807, 2.05) is 26.0 Å². The molecule has 0 bridgehead atoms. The van der Waals surface area contributed by atoms with Crippen molar-refractivity contribution in [1.82, 2.24) is 4.98 Å². The van der Waals surface area contributed by atoms with E-state index in [0.717, 1.165) is 16.1 Å². The van der Waals surface area contributed by atoms with Gasteiger partial charge in [-0.15, -0.1) is 11.3 Å². The molecule has 8 heteroatoms. The van der Waals surface area contributed by atoms with Gasteiger partial charge in [-0.2, -0.15) is 0 Å². The Balaban J connectivity index is 1.87. The van der Waals surface area contributed by atoms with Crippen molar-refractivity contribution in [3.8, 4) is 5.75 Å². The van der Waals surface area contributed by atoms with E-state index in [1.165, 1.54) is 23.2 Å². The van der Waals surface area contributed by atoms with Crippen molar-refractivity contribution in [3.05, 3.63) is 86.1 Å². The van der Waals surface area contributed by atoms with Crippen LogP contribution in [0.3, 0.4) is 0 Å². The SMILES string of the molecule is CC(=O)Oc1ccc(C2C(C(=O)c3sc(C)nc3C)=C(O)C(=O)N2c2ccc(C)c(C)c2)cc1. The molecular weight excluding hydrogens is 452 g/mol. The topological polar surface area (TPSA) is 96.8 Å². The highest BCUT2D eigenvalue weighted by molar-refractivity contribution is 7.14. The molecule has 1 atom stereocenters. The van der Waals surface area contributed by atoms with E-state index >= 15 is 0 Å². The number of Topliss-reactive ketones (excluding diaryl/α,β-unsaturated/α-hetero) is 1. The number of hydrogen-bond acceptors (Lipinski definition) is 7. The van der Waals surface area contributed by atoms with Crippen molar-refractivity contribution in [2.24, 2.45) is 0 Å². The summed E-state index contributed by atoms with van der Waals surface area (Å²) in [5, 5.41) is 11.7. The monoisotopic (exact) mass is 476 g/mol. The second kappa shape index (κ2) is 8.87. The Labute approximate surface area is 201 Å². The molecule has 2 aromatic carbocycles. The molecule has 174 valence electrons. The second-order valence-electron chi connectivity index (χ2n) is 8.25. The number of aryl methyl sites for hydroxylation is 4. The van der Waals surface area contributed by atoms with Gasteiger partial charge in [0, 0.05) is 12.6 Å². The summed E-state index contributed by atoms with van der Waals surface area (Å²) in [6, 6.07) is 11.2. The van der Waals surface area contributed by atoms with Crippen LogP contribution >= 0.6 is 11.3 Å². The lowest BCUT2D eigenvalue weighted by Crippen LogP contribution is -2.31. The van der Waals surface area contributed by atoms with Crippen molar-refractivity contribution < 1.29 is 24.2 Å². The summed E-state index contributed by atoms with van der Waals surface area (Å²) < 4.78 is 5.12. The molecule has 0 aliphatic carbocycles. The van der Waals surface area contributed by atoms with Crippen molar-refractivity contribution >= 4 is 34.7 Å². The zero-order chi connectivity index (χ0) is 24.7. The maximum absolute atomic E-state index is 13.6. The normalized spacial score (nSPS) is 15.7. The number of anilines is 1. The van der Waals surface area contributed by atoms with Gasteiger partial charge in [0.2, 0.25) is 5.78 Å². The fourth-order valence-corrected chi connectivity index (χ4v) is 4.92. The van der Waals surface area contributed by atoms with E-state index < -0.39 is 29.5 Å². The summed E-state index contributed by atoms with van der Waals surface area (Å²) in [5.41, 5.74) is 3.73. The first-order valence-electron chi connectivity index (χ1n) is 10.7. The third-order valence-corrected chi connectivity index (χ3v) is 6.86. The highest BCUT2D eigenvalue weighted by atomic mass is 32.1. The number of aliphatic hydroxyl groups excluding tert-OH is 1. The Hall–Kier alpha value is -3.78. The molecule has 1 unspecified atom stereocenters. The van der Waals surface area contributed by atoms with Crippen LogP contribution in [0.4, 0.5) is 5.69 Å². The van der Waals surface area contributed by atoms with E-state index in [0.29, 0.717) is 27.6 Å². The first-order chi connectivity index (χ1) is 16.1. The zero-order valence-corrected chi connectivity index (χ0v) is 20.3. The fraction of sp³-hybridized carbons (Fsp3) is 0.231. The molecular formula is C26H24N2O5S. The molecule has 7 nitrogen and oxygen atoms in total. The van der Waals surface area contributed by atoms with E-state index in [1.54, 1.807) is 44.2 Å². The number of ether oxygens (including phenoxy) is 1. The molecule has 2 heterocycles. The van der Waals surface area contributed by atoms with E-state index in [9.17, 15) is 19.5 Å². The van der Waals surface area contributed by atoms with Crippen LogP contribution in [0.1, 0.15) is 50.0 Å². The number of carbonyl (C=O) groups excluding carboxylic acids is 3. The summed E-state index contributed by atoms with van der Waals surface area (Å²) in [6.07, 6.45) is 0. The number of thiazole rings is 1. The number of benzene rings is 2. The molecule has 3 aromatic rings. The van der Waals surface area contributed by atoms with Crippen molar-refractivity contribution in [2.75, 3.05) is 4.90 Å². The van der Waals surface area contributed by atoms with Gasteiger partial charge in [0.1, 0.15) is 5.75 Å². The van der Waals surface area contributed by atoms with Crippen LogP contribution in [-0.4, -0.2) is 27.8 Å². The first kappa shape index (κ1) is 23.4. The molecule has 0 fully saturated rings. The quantitative estimate of drug-likeness (QED) is 0.313. The number of carbonyl (C=O) groups is 3. The third kappa shape index (κ3) is 4.12. The van der Waals surface area contributed by atoms with Crippen molar-refractivity contribution in [2.45, 2.75) is 40.7 Å². The van der Waals surface area contributed by atoms with Gasteiger partial charge < -0.3 is 9.84 Å². The molecule has 1 aliphatic rings. The number of ketones is 1. The van der Waals surface area contributed by atoms with Crippen molar-refractivity contribution in [3.63, 3.8) is 0 Å². The maximum Gasteiger partial charge on any atom is 0.308 e. The summed E-state index contributed by atoms with van der Waals surface area (Å²) in [6.45, 7) is 8.74. The lowest BCUT2D eigenvalue weighted by molar-refractivity contribution is -0.131. The standard InChI is InChI=1S/C26H24N2O5S/c1-13-6-9-19(12-14(13)2)28-22(18-7-10-20(11-8-18)33-17(5)29)21(24(31)26(28)32)23(30)25-15(3)27-16(4)34-25/h6-12,22,31H,1-5H3. The molecule has 0 radical (unpaired) electrons. The molecule has 0 saturated carbocycles. The summed E-state index contributed by atoms with van der Waals surface area (Å²) in [5.74, 6) is -1.78. The van der Waals surface area contributed by atoms with Crippen molar-refractivity contribution in [1.29, 1.82) is 0 Å². The Kier molecular flexibility index (Phi) is 6.10.